The third kappa shape index (κ3) is 4.30. The van der Waals surface area contributed by atoms with Gasteiger partial charge in [-0.2, -0.15) is 0 Å². The van der Waals surface area contributed by atoms with E-state index in [0.29, 0.717) is 5.75 Å². The molecule has 3 aromatic carbocycles. The summed E-state index contributed by atoms with van der Waals surface area (Å²) in [5.74, 6) is 1.08. The molecule has 0 atom stereocenters. The zero-order chi connectivity index (χ0) is 19.3. The van der Waals surface area contributed by atoms with Crippen molar-refractivity contribution in [2.24, 2.45) is 0 Å². The Morgan fingerprint density at radius 2 is 1.48 bits per heavy atom. The average Bonchev–Trinajstić information content (AvgIpc) is 2.72. The van der Waals surface area contributed by atoms with Gasteiger partial charge in [0.05, 0.1) is 14.2 Å². The lowest BCUT2D eigenvalue weighted by Gasteiger charge is -2.13. The van der Waals surface area contributed by atoms with Gasteiger partial charge in [-0.1, -0.05) is 48.5 Å². The van der Waals surface area contributed by atoms with Crippen molar-refractivity contribution in [3.05, 3.63) is 78.4 Å². The largest absolute Gasteiger partial charge is 0.497 e. The number of hydrogen-bond donors (Lipinski definition) is 1. The van der Waals surface area contributed by atoms with Crippen molar-refractivity contribution in [2.45, 2.75) is 11.4 Å². The van der Waals surface area contributed by atoms with Crippen LogP contribution in [0.4, 0.5) is 0 Å². The summed E-state index contributed by atoms with van der Waals surface area (Å²) in [6, 6.07) is 21.9. The van der Waals surface area contributed by atoms with E-state index in [0.717, 1.165) is 22.4 Å². The van der Waals surface area contributed by atoms with E-state index in [-0.39, 0.29) is 11.4 Å². The van der Waals surface area contributed by atoms with Crippen LogP contribution in [0.1, 0.15) is 5.56 Å². The molecule has 0 aliphatic heterocycles. The Bertz CT molecular complexity index is 1010. The molecule has 0 aromatic heterocycles. The number of benzene rings is 3. The minimum absolute atomic E-state index is 0.120. The van der Waals surface area contributed by atoms with Crippen LogP contribution in [0, 0.1) is 0 Å². The Balaban J connectivity index is 1.86. The van der Waals surface area contributed by atoms with Gasteiger partial charge in [0.1, 0.15) is 16.4 Å². The van der Waals surface area contributed by atoms with Crippen LogP contribution in [0.2, 0.25) is 0 Å². The first kappa shape index (κ1) is 18.9. The molecule has 3 rings (SSSR count). The average molecular weight is 383 g/mol. The van der Waals surface area contributed by atoms with Crippen molar-refractivity contribution in [1.82, 2.24) is 4.72 Å². The number of ether oxygens (including phenoxy) is 2. The fraction of sp³-hybridized carbons (Fsp3) is 0.143. The maximum absolute atomic E-state index is 12.7. The van der Waals surface area contributed by atoms with E-state index >= 15 is 0 Å². The van der Waals surface area contributed by atoms with Crippen molar-refractivity contribution in [3.63, 3.8) is 0 Å². The van der Waals surface area contributed by atoms with Crippen molar-refractivity contribution < 1.29 is 17.9 Å². The predicted molar refractivity (Wildman–Crippen MR) is 105 cm³/mol. The van der Waals surface area contributed by atoms with E-state index in [2.05, 4.69) is 4.72 Å². The molecule has 6 heteroatoms. The Kier molecular flexibility index (Phi) is 5.78. The van der Waals surface area contributed by atoms with E-state index in [1.165, 1.54) is 13.2 Å². The van der Waals surface area contributed by atoms with Gasteiger partial charge >= 0.3 is 0 Å². The molecule has 3 aromatic rings. The summed E-state index contributed by atoms with van der Waals surface area (Å²) in [5.41, 5.74) is 2.83. The molecule has 0 amide bonds. The highest BCUT2D eigenvalue weighted by molar-refractivity contribution is 7.89. The number of methoxy groups -OCH3 is 2. The molecular formula is C21H21NO4S. The molecule has 0 spiro atoms. The number of sulfonamides is 1. The molecule has 0 aliphatic rings. The smallest absolute Gasteiger partial charge is 0.244 e. The Labute approximate surface area is 159 Å². The highest BCUT2D eigenvalue weighted by atomic mass is 32.2. The summed E-state index contributed by atoms with van der Waals surface area (Å²) in [5, 5.41) is 0. The molecule has 0 bridgehead atoms. The number of nitrogens with one attached hydrogen (secondary N) is 1. The number of para-hydroxylation sites is 1. The van der Waals surface area contributed by atoms with Gasteiger partial charge in [-0.25, -0.2) is 13.1 Å². The molecule has 0 saturated carbocycles. The molecular weight excluding hydrogens is 362 g/mol. The Hall–Kier alpha value is -2.83. The van der Waals surface area contributed by atoms with Crippen LogP contribution in [0.3, 0.4) is 0 Å². The van der Waals surface area contributed by atoms with Crippen LogP contribution in [0.15, 0.2) is 77.7 Å². The lowest BCUT2D eigenvalue weighted by Crippen LogP contribution is -2.24. The van der Waals surface area contributed by atoms with E-state index in [4.69, 9.17) is 9.47 Å². The maximum Gasteiger partial charge on any atom is 0.244 e. The second-order valence-corrected chi connectivity index (χ2v) is 7.60. The fourth-order valence-electron chi connectivity index (χ4n) is 2.82. The lowest BCUT2D eigenvalue weighted by atomic mass is 10.00. The van der Waals surface area contributed by atoms with Crippen LogP contribution >= 0.6 is 0 Å². The first-order chi connectivity index (χ1) is 13.0. The van der Waals surface area contributed by atoms with E-state index in [9.17, 15) is 8.42 Å². The zero-order valence-corrected chi connectivity index (χ0v) is 16.0. The summed E-state index contributed by atoms with van der Waals surface area (Å²) in [6.45, 7) is 0.169. The molecule has 0 aliphatic carbocycles. The third-order valence-corrected chi connectivity index (χ3v) is 5.67. The molecule has 1 N–H and O–H groups in total. The standard InChI is InChI=1S/C21H21NO4S/c1-25-18-13-11-16(12-14-18)19-8-4-3-7-17(19)15-22-27(23,24)21-10-6-5-9-20(21)26-2/h3-14,22H,15H2,1-2H3. The Morgan fingerprint density at radius 1 is 0.815 bits per heavy atom. The van der Waals surface area contributed by atoms with Crippen LogP contribution < -0.4 is 14.2 Å². The highest BCUT2D eigenvalue weighted by Gasteiger charge is 2.19. The second kappa shape index (κ2) is 8.24. The van der Waals surface area contributed by atoms with Gasteiger partial charge in [0.25, 0.3) is 0 Å². The molecule has 140 valence electrons. The van der Waals surface area contributed by atoms with Crippen molar-refractivity contribution >= 4 is 10.0 Å². The summed E-state index contributed by atoms with van der Waals surface area (Å²) in [4.78, 5) is 0.120. The minimum atomic E-state index is -3.71. The summed E-state index contributed by atoms with van der Waals surface area (Å²) in [7, 11) is -0.634. The van der Waals surface area contributed by atoms with E-state index in [1.807, 2.05) is 48.5 Å². The monoisotopic (exact) mass is 383 g/mol. The lowest BCUT2D eigenvalue weighted by molar-refractivity contribution is 0.402. The second-order valence-electron chi connectivity index (χ2n) is 5.86. The topological polar surface area (TPSA) is 64.6 Å². The quantitative estimate of drug-likeness (QED) is 0.673. The fourth-order valence-corrected chi connectivity index (χ4v) is 3.99. The minimum Gasteiger partial charge on any atom is -0.497 e. The summed E-state index contributed by atoms with van der Waals surface area (Å²) in [6.07, 6.45) is 0. The van der Waals surface area contributed by atoms with Gasteiger partial charge in [-0.05, 0) is 41.0 Å². The predicted octanol–water partition coefficient (Wildman–Crippen LogP) is 3.85. The van der Waals surface area contributed by atoms with Gasteiger partial charge in [-0.3, -0.25) is 0 Å². The summed E-state index contributed by atoms with van der Waals surface area (Å²) >= 11 is 0. The molecule has 0 fully saturated rings. The number of hydrogen-bond acceptors (Lipinski definition) is 4. The van der Waals surface area contributed by atoms with Gasteiger partial charge in [-0.15, -0.1) is 0 Å². The van der Waals surface area contributed by atoms with Crippen molar-refractivity contribution in [3.8, 4) is 22.6 Å². The molecule has 27 heavy (non-hydrogen) atoms. The third-order valence-electron chi connectivity index (χ3n) is 4.23. The first-order valence-corrected chi connectivity index (χ1v) is 9.88. The molecule has 0 radical (unpaired) electrons. The van der Waals surface area contributed by atoms with Crippen molar-refractivity contribution in [2.75, 3.05) is 14.2 Å². The van der Waals surface area contributed by atoms with Crippen LogP contribution in [0.5, 0.6) is 11.5 Å². The first-order valence-electron chi connectivity index (χ1n) is 8.40. The van der Waals surface area contributed by atoms with Gasteiger partial charge in [0, 0.05) is 6.54 Å². The zero-order valence-electron chi connectivity index (χ0n) is 15.2. The molecule has 5 nitrogen and oxygen atoms in total. The normalized spacial score (nSPS) is 11.2. The summed E-state index contributed by atoms with van der Waals surface area (Å²) < 4.78 is 38.4. The van der Waals surface area contributed by atoms with E-state index in [1.54, 1.807) is 25.3 Å². The van der Waals surface area contributed by atoms with Crippen molar-refractivity contribution in [1.29, 1.82) is 0 Å². The molecule has 0 heterocycles. The molecule has 0 saturated heterocycles. The van der Waals surface area contributed by atoms with Gasteiger partial charge in [0.2, 0.25) is 10.0 Å². The highest BCUT2D eigenvalue weighted by Crippen LogP contribution is 2.27. The maximum atomic E-state index is 12.7. The Morgan fingerprint density at radius 3 is 2.19 bits per heavy atom. The number of rotatable bonds is 7. The van der Waals surface area contributed by atoms with Gasteiger partial charge < -0.3 is 9.47 Å². The van der Waals surface area contributed by atoms with Crippen LogP contribution in [-0.2, 0) is 16.6 Å². The van der Waals surface area contributed by atoms with Crippen LogP contribution in [0.25, 0.3) is 11.1 Å². The van der Waals surface area contributed by atoms with Gasteiger partial charge in [0.15, 0.2) is 0 Å². The van der Waals surface area contributed by atoms with Crippen LogP contribution in [-0.4, -0.2) is 22.6 Å². The molecule has 0 unspecified atom stereocenters. The van der Waals surface area contributed by atoms with E-state index < -0.39 is 10.0 Å². The SMILES string of the molecule is COc1ccc(-c2ccccc2CNS(=O)(=O)c2ccccc2OC)cc1.